The van der Waals surface area contributed by atoms with Crippen LogP contribution in [0.2, 0.25) is 0 Å². The van der Waals surface area contributed by atoms with Gasteiger partial charge >= 0.3 is 17.9 Å². The van der Waals surface area contributed by atoms with Crippen molar-refractivity contribution in [3.63, 3.8) is 0 Å². The van der Waals surface area contributed by atoms with Crippen molar-refractivity contribution in [2.24, 2.45) is 0 Å². The molecular formula is C59H100O6. The number of unbranched alkanes of at least 4 members (excludes halogenated alkanes) is 24. The molecule has 0 aromatic carbocycles. The van der Waals surface area contributed by atoms with Gasteiger partial charge in [-0.2, -0.15) is 0 Å². The second-order valence-electron chi connectivity index (χ2n) is 17.8. The van der Waals surface area contributed by atoms with Gasteiger partial charge in [-0.15, -0.1) is 0 Å². The fourth-order valence-electron chi connectivity index (χ4n) is 7.24. The van der Waals surface area contributed by atoms with E-state index in [4.69, 9.17) is 14.2 Å². The molecule has 0 aliphatic heterocycles. The number of ether oxygens (including phenoxy) is 3. The van der Waals surface area contributed by atoms with Crippen molar-refractivity contribution in [3.8, 4) is 0 Å². The lowest BCUT2D eigenvalue weighted by atomic mass is 10.1. The minimum atomic E-state index is -0.815. The molecule has 0 rings (SSSR count). The molecule has 0 saturated carbocycles. The average molecular weight is 905 g/mol. The van der Waals surface area contributed by atoms with Gasteiger partial charge in [-0.3, -0.25) is 14.4 Å². The molecule has 1 atom stereocenters. The third kappa shape index (κ3) is 51.4. The van der Waals surface area contributed by atoms with E-state index in [1.165, 1.54) is 109 Å². The third-order valence-electron chi connectivity index (χ3n) is 11.4. The first-order valence-corrected chi connectivity index (χ1v) is 27.1. The van der Waals surface area contributed by atoms with Gasteiger partial charge in [0.1, 0.15) is 13.2 Å². The highest BCUT2D eigenvalue weighted by Crippen LogP contribution is 2.13. The van der Waals surface area contributed by atoms with Crippen LogP contribution >= 0.6 is 0 Å². The van der Waals surface area contributed by atoms with Crippen LogP contribution in [0.1, 0.15) is 252 Å². The maximum Gasteiger partial charge on any atom is 0.306 e. The lowest BCUT2D eigenvalue weighted by Crippen LogP contribution is -2.30. The fraction of sp³-hybridized carbons (Fsp3) is 0.712. The molecule has 0 radical (unpaired) electrons. The van der Waals surface area contributed by atoms with E-state index in [0.717, 1.165) is 96.3 Å². The Labute approximate surface area is 401 Å². The Bertz CT molecular complexity index is 1270. The van der Waals surface area contributed by atoms with Crippen LogP contribution in [0.5, 0.6) is 0 Å². The van der Waals surface area contributed by atoms with E-state index >= 15 is 0 Å². The van der Waals surface area contributed by atoms with Gasteiger partial charge in [0.05, 0.1) is 0 Å². The molecule has 372 valence electrons. The molecule has 0 aromatic rings. The van der Waals surface area contributed by atoms with Crippen LogP contribution in [0.3, 0.4) is 0 Å². The lowest BCUT2D eigenvalue weighted by Gasteiger charge is -2.18. The molecule has 6 nitrogen and oxygen atoms in total. The van der Waals surface area contributed by atoms with Gasteiger partial charge in [0.15, 0.2) is 6.10 Å². The van der Waals surface area contributed by atoms with Crippen LogP contribution in [-0.4, -0.2) is 37.2 Å². The molecule has 0 spiro atoms. The van der Waals surface area contributed by atoms with E-state index in [9.17, 15) is 14.4 Å². The lowest BCUT2D eigenvalue weighted by molar-refractivity contribution is -0.167. The predicted molar refractivity (Wildman–Crippen MR) is 279 cm³/mol. The first-order chi connectivity index (χ1) is 32.0. The smallest absolute Gasteiger partial charge is 0.306 e. The Morgan fingerprint density at radius 3 is 1.05 bits per heavy atom. The second kappa shape index (κ2) is 53.2. The van der Waals surface area contributed by atoms with E-state index in [2.05, 4.69) is 106 Å². The number of carbonyl (C=O) groups is 3. The number of rotatable bonds is 48. The molecule has 0 aliphatic carbocycles. The van der Waals surface area contributed by atoms with Gasteiger partial charge < -0.3 is 14.2 Å². The standard InChI is InChI=1S/C59H100O6/c1-4-7-10-13-16-19-22-25-27-29-31-32-34-37-40-43-46-49-52-58(61)64-55-56(54-63-57(60)51-48-45-42-39-36-24-21-18-15-12-9-6-3)65-59(62)53-50-47-44-41-38-35-33-30-28-26-23-20-17-14-11-8-5-2/h17-18,20-21,26-29,31-33,35,41,44,56H,4-16,19,22-25,30,34,36-40,42-43,45-55H2,1-3H3/b20-17-,21-18-,28-26-,29-27-,32-31-,35-33-,44-41-. The molecule has 0 N–H and O–H groups in total. The topological polar surface area (TPSA) is 78.9 Å². The molecule has 0 bridgehead atoms. The number of allylic oxidation sites excluding steroid dienone is 14. The van der Waals surface area contributed by atoms with Gasteiger partial charge in [-0.05, 0) is 109 Å². The first kappa shape index (κ1) is 61.6. The summed E-state index contributed by atoms with van der Waals surface area (Å²) in [5, 5.41) is 0. The summed E-state index contributed by atoms with van der Waals surface area (Å²) in [4.78, 5) is 38.0. The van der Waals surface area contributed by atoms with Gasteiger partial charge in [0.2, 0.25) is 0 Å². The molecule has 65 heavy (non-hydrogen) atoms. The molecule has 0 saturated heterocycles. The zero-order chi connectivity index (χ0) is 47.2. The largest absolute Gasteiger partial charge is 0.462 e. The maximum absolute atomic E-state index is 12.8. The van der Waals surface area contributed by atoms with Gasteiger partial charge in [-0.25, -0.2) is 0 Å². The Balaban J connectivity index is 4.50. The van der Waals surface area contributed by atoms with Crippen molar-refractivity contribution < 1.29 is 28.6 Å². The number of carbonyl (C=O) groups excluding carboxylic acids is 3. The van der Waals surface area contributed by atoms with E-state index in [1.54, 1.807) is 0 Å². The Hall–Kier alpha value is -3.41. The van der Waals surface area contributed by atoms with E-state index in [-0.39, 0.29) is 37.5 Å². The summed E-state index contributed by atoms with van der Waals surface area (Å²) in [6, 6.07) is 0. The van der Waals surface area contributed by atoms with Crippen molar-refractivity contribution >= 4 is 17.9 Å². The average Bonchev–Trinajstić information content (AvgIpc) is 3.30. The van der Waals surface area contributed by atoms with Crippen molar-refractivity contribution in [3.05, 3.63) is 85.1 Å². The third-order valence-corrected chi connectivity index (χ3v) is 11.4. The molecule has 0 aromatic heterocycles. The highest BCUT2D eigenvalue weighted by Gasteiger charge is 2.19. The normalized spacial score (nSPS) is 12.7. The maximum atomic E-state index is 12.8. The van der Waals surface area contributed by atoms with Crippen molar-refractivity contribution in [1.29, 1.82) is 0 Å². The minimum Gasteiger partial charge on any atom is -0.462 e. The summed E-state index contributed by atoms with van der Waals surface area (Å²) in [6.07, 6.45) is 68.6. The quantitative estimate of drug-likeness (QED) is 0.0199. The minimum absolute atomic E-state index is 0.108. The van der Waals surface area contributed by atoms with E-state index < -0.39 is 6.10 Å². The molecule has 1 unspecified atom stereocenters. The second-order valence-corrected chi connectivity index (χ2v) is 17.8. The summed E-state index contributed by atoms with van der Waals surface area (Å²) in [7, 11) is 0. The first-order valence-electron chi connectivity index (χ1n) is 27.1. The summed E-state index contributed by atoms with van der Waals surface area (Å²) < 4.78 is 16.7. The van der Waals surface area contributed by atoms with E-state index in [1.807, 2.05) is 0 Å². The number of esters is 3. The highest BCUT2D eigenvalue weighted by atomic mass is 16.6. The molecule has 0 aliphatic rings. The highest BCUT2D eigenvalue weighted by molar-refractivity contribution is 5.71. The van der Waals surface area contributed by atoms with Crippen LogP contribution in [0.15, 0.2) is 85.1 Å². The van der Waals surface area contributed by atoms with Gasteiger partial charge in [0.25, 0.3) is 0 Å². The van der Waals surface area contributed by atoms with Crippen LogP contribution in [0.25, 0.3) is 0 Å². The Morgan fingerprint density at radius 2 is 0.615 bits per heavy atom. The van der Waals surface area contributed by atoms with E-state index in [0.29, 0.717) is 19.3 Å². The Kier molecular flexibility index (Phi) is 50.4. The molecule has 6 heteroatoms. The van der Waals surface area contributed by atoms with Crippen LogP contribution in [0, 0.1) is 0 Å². The molecule has 0 heterocycles. The summed E-state index contributed by atoms with van der Waals surface area (Å²) in [6.45, 7) is 6.51. The number of hydrogen-bond acceptors (Lipinski definition) is 6. The summed E-state index contributed by atoms with van der Waals surface area (Å²) in [5.74, 6) is -0.988. The summed E-state index contributed by atoms with van der Waals surface area (Å²) in [5.41, 5.74) is 0. The van der Waals surface area contributed by atoms with Gasteiger partial charge in [0, 0.05) is 19.3 Å². The van der Waals surface area contributed by atoms with Crippen molar-refractivity contribution in [1.82, 2.24) is 0 Å². The monoisotopic (exact) mass is 905 g/mol. The molecule has 0 fully saturated rings. The number of hydrogen-bond donors (Lipinski definition) is 0. The fourth-order valence-corrected chi connectivity index (χ4v) is 7.24. The Morgan fingerprint density at radius 1 is 0.323 bits per heavy atom. The van der Waals surface area contributed by atoms with Crippen LogP contribution in [0.4, 0.5) is 0 Å². The predicted octanol–water partition coefficient (Wildman–Crippen LogP) is 18.0. The van der Waals surface area contributed by atoms with Crippen molar-refractivity contribution in [2.75, 3.05) is 13.2 Å². The van der Waals surface area contributed by atoms with Crippen LogP contribution in [-0.2, 0) is 28.6 Å². The van der Waals surface area contributed by atoms with Crippen LogP contribution < -0.4 is 0 Å². The van der Waals surface area contributed by atoms with Crippen molar-refractivity contribution in [2.45, 2.75) is 258 Å². The zero-order valence-corrected chi connectivity index (χ0v) is 42.5. The SMILES string of the molecule is CCCCC/C=C\C/C=C\C/C=C\C/C=C\CCCC(=O)OC(COC(=O)CCCCCCC/C=C\C=C/CCCCCCCCC)COC(=O)CCCCCCC/C=C\CCCCC. The molecule has 0 amide bonds. The van der Waals surface area contributed by atoms with Gasteiger partial charge in [-0.1, -0.05) is 209 Å². The molecular weight excluding hydrogens is 805 g/mol. The zero-order valence-electron chi connectivity index (χ0n) is 42.5. The summed E-state index contributed by atoms with van der Waals surface area (Å²) >= 11 is 0.